The Morgan fingerprint density at radius 2 is 1.06 bits per heavy atom. The van der Waals surface area contributed by atoms with Crippen molar-refractivity contribution in [2.45, 2.75) is 113 Å². The maximum Gasteiger partial charge on any atom is 0.286 e. The number of hydrogen-bond acceptors (Lipinski definition) is 11. The SMILES string of the molecule is CC1(C(=O)N2CCOCC2)CCC(NS(=O)(=O)c2ccc(C#CC3CC3)c(N)c2)CC1.CC1(C(=O)N2CCOCC2)CCC(NS(=O)(=O)c2ccc(C#CC3CC3)c([N+](=O)[O-])c2)CC1. The number of sulfonamides is 2. The lowest BCUT2D eigenvalue weighted by atomic mass is 9.73. The van der Waals surface area contributed by atoms with Crippen LogP contribution in [0.3, 0.4) is 0 Å². The van der Waals surface area contributed by atoms with Gasteiger partial charge in [-0.25, -0.2) is 26.3 Å². The van der Waals surface area contributed by atoms with E-state index in [2.05, 4.69) is 33.1 Å². The summed E-state index contributed by atoms with van der Waals surface area (Å²) >= 11 is 0. The van der Waals surface area contributed by atoms with Crippen molar-refractivity contribution in [1.82, 2.24) is 19.2 Å². The Balaban J connectivity index is 0.000000192. The second-order valence-corrected chi connectivity index (χ2v) is 21.9. The summed E-state index contributed by atoms with van der Waals surface area (Å²) in [6.07, 6.45) is 9.03. The highest BCUT2D eigenvalue weighted by atomic mass is 32.2. The van der Waals surface area contributed by atoms with E-state index < -0.39 is 35.8 Å². The molecule has 346 valence electrons. The molecule has 18 heteroatoms. The van der Waals surface area contributed by atoms with E-state index >= 15 is 0 Å². The number of benzene rings is 2. The first-order valence-electron chi connectivity index (χ1n) is 22.4. The van der Waals surface area contributed by atoms with Gasteiger partial charge in [-0.3, -0.25) is 19.7 Å². The van der Waals surface area contributed by atoms with Gasteiger partial charge in [-0.15, -0.1) is 0 Å². The Morgan fingerprint density at radius 3 is 1.45 bits per heavy atom. The molecule has 0 unspecified atom stereocenters. The van der Waals surface area contributed by atoms with Crippen LogP contribution >= 0.6 is 0 Å². The molecule has 2 saturated heterocycles. The third-order valence-electron chi connectivity index (χ3n) is 13.2. The molecule has 2 aromatic carbocycles. The number of amides is 2. The molecule has 8 rings (SSSR count). The smallest absolute Gasteiger partial charge is 0.286 e. The number of carbonyl (C=O) groups is 2. The number of nitrogen functional groups attached to an aromatic ring is 1. The molecule has 4 saturated carbocycles. The van der Waals surface area contributed by atoms with Crippen LogP contribution in [0, 0.1) is 56.5 Å². The number of nitrogens with two attached hydrogens (primary N) is 1. The zero-order valence-electron chi connectivity index (χ0n) is 36.7. The van der Waals surface area contributed by atoms with Crippen molar-refractivity contribution in [3.63, 3.8) is 0 Å². The van der Waals surface area contributed by atoms with E-state index in [0.29, 0.717) is 121 Å². The molecule has 4 N–H and O–H groups in total. The zero-order valence-corrected chi connectivity index (χ0v) is 38.4. The standard InChI is InChI=1S/C23H29N3O6S.C23H31N3O4S/c1-23(22(27)25-12-14-32-15-13-25)10-8-19(9-11-23)24-33(30,31)20-7-6-18(5-4-17-2-3-17)21(16-20)26(28)29;1-23(22(27)26-12-14-30-15-13-26)10-8-19(9-11-23)25-31(28,29)20-7-6-18(21(24)16-20)5-4-17-2-3-17/h6-7,16-17,19,24H,2-3,8-15H2,1H3;6-7,16-17,19,25H,2-3,8-15,24H2,1H3. The Kier molecular flexibility index (Phi) is 14.7. The van der Waals surface area contributed by atoms with Crippen molar-refractivity contribution >= 4 is 43.2 Å². The van der Waals surface area contributed by atoms with Crippen LogP contribution in [-0.4, -0.2) is 108 Å². The van der Waals surface area contributed by atoms with Gasteiger partial charge in [0, 0.05) is 78.2 Å². The van der Waals surface area contributed by atoms with E-state index in [1.807, 2.05) is 23.6 Å². The van der Waals surface area contributed by atoms with Crippen LogP contribution in [0.5, 0.6) is 0 Å². The third-order valence-corrected chi connectivity index (χ3v) is 16.3. The minimum absolute atomic E-state index is 0.102. The summed E-state index contributed by atoms with van der Waals surface area (Å²) in [5.41, 5.74) is 6.06. The molecule has 0 aromatic heterocycles. The lowest BCUT2D eigenvalue weighted by Crippen LogP contribution is -2.50. The van der Waals surface area contributed by atoms with Crippen LogP contribution < -0.4 is 15.2 Å². The highest BCUT2D eigenvalue weighted by molar-refractivity contribution is 7.89. The Labute approximate surface area is 377 Å². The summed E-state index contributed by atoms with van der Waals surface area (Å²) in [6, 6.07) is 8.05. The Bertz CT molecular complexity index is 2420. The van der Waals surface area contributed by atoms with E-state index in [-0.39, 0.29) is 50.9 Å². The summed E-state index contributed by atoms with van der Waals surface area (Å²) in [5.74, 6) is 13.0. The van der Waals surface area contributed by atoms with Crippen molar-refractivity contribution in [2.24, 2.45) is 22.7 Å². The monoisotopic (exact) mass is 920 g/mol. The van der Waals surface area contributed by atoms with Crippen molar-refractivity contribution in [1.29, 1.82) is 0 Å². The highest BCUT2D eigenvalue weighted by Gasteiger charge is 2.43. The maximum absolute atomic E-state index is 13.0. The summed E-state index contributed by atoms with van der Waals surface area (Å²) in [7, 11) is -7.63. The van der Waals surface area contributed by atoms with Crippen LogP contribution in [0.4, 0.5) is 11.4 Å². The van der Waals surface area contributed by atoms with Gasteiger partial charge in [0.15, 0.2) is 0 Å². The molecular weight excluding hydrogens is 861 g/mol. The van der Waals surface area contributed by atoms with Crippen molar-refractivity contribution in [2.75, 3.05) is 58.3 Å². The largest absolute Gasteiger partial charge is 0.398 e. The molecule has 2 aliphatic heterocycles. The third kappa shape index (κ3) is 12.0. The fraction of sp³-hybridized carbons (Fsp3) is 0.609. The van der Waals surface area contributed by atoms with E-state index in [4.69, 9.17) is 15.2 Å². The van der Waals surface area contributed by atoms with Crippen molar-refractivity contribution < 1.29 is 40.8 Å². The van der Waals surface area contributed by atoms with Gasteiger partial charge in [0.25, 0.3) is 5.69 Å². The van der Waals surface area contributed by atoms with Gasteiger partial charge in [-0.1, -0.05) is 37.5 Å². The lowest BCUT2D eigenvalue weighted by molar-refractivity contribution is -0.385. The van der Waals surface area contributed by atoms with Crippen LogP contribution in [0.25, 0.3) is 0 Å². The van der Waals surface area contributed by atoms with Gasteiger partial charge < -0.3 is 25.0 Å². The van der Waals surface area contributed by atoms with E-state index in [9.17, 15) is 36.5 Å². The number of nitro groups is 1. The summed E-state index contributed by atoms with van der Waals surface area (Å²) in [5, 5.41) is 11.5. The normalized spacial score (nSPS) is 26.2. The minimum atomic E-state index is -3.94. The van der Waals surface area contributed by atoms with Crippen molar-refractivity contribution in [3.05, 3.63) is 57.6 Å². The second kappa shape index (κ2) is 19.9. The molecule has 6 aliphatic rings. The fourth-order valence-electron chi connectivity index (χ4n) is 8.62. The molecule has 4 aliphatic carbocycles. The highest BCUT2D eigenvalue weighted by Crippen LogP contribution is 2.40. The number of rotatable bonds is 9. The molecule has 2 heterocycles. The average molecular weight is 921 g/mol. The summed E-state index contributed by atoms with van der Waals surface area (Å²) in [6.45, 7) is 8.63. The number of anilines is 1. The van der Waals surface area contributed by atoms with E-state index in [1.54, 1.807) is 12.1 Å². The maximum atomic E-state index is 13.0. The van der Waals surface area contributed by atoms with E-state index in [0.717, 1.165) is 31.7 Å². The van der Waals surface area contributed by atoms with Crippen LogP contribution in [-0.2, 0) is 39.1 Å². The average Bonchev–Trinajstić information content (AvgIpc) is 4.24. The Morgan fingerprint density at radius 1 is 0.672 bits per heavy atom. The molecule has 0 bridgehead atoms. The molecule has 16 nitrogen and oxygen atoms in total. The number of ether oxygens (including phenoxy) is 2. The molecule has 64 heavy (non-hydrogen) atoms. The van der Waals surface area contributed by atoms with Crippen LogP contribution in [0.2, 0.25) is 0 Å². The predicted octanol–water partition coefficient (Wildman–Crippen LogP) is 4.56. The first-order valence-corrected chi connectivity index (χ1v) is 25.4. The predicted molar refractivity (Wildman–Crippen MR) is 239 cm³/mol. The second-order valence-electron chi connectivity index (χ2n) is 18.5. The van der Waals surface area contributed by atoms with Gasteiger partial charge in [0.1, 0.15) is 5.56 Å². The molecule has 6 fully saturated rings. The fourth-order valence-corrected chi connectivity index (χ4v) is 11.3. The zero-order chi connectivity index (χ0) is 45.7. The quantitative estimate of drug-likeness (QED) is 0.137. The van der Waals surface area contributed by atoms with Gasteiger partial charge >= 0.3 is 0 Å². The summed E-state index contributed by atoms with van der Waals surface area (Å²) < 4.78 is 67.8. The van der Waals surface area contributed by atoms with Gasteiger partial charge in [-0.05, 0) is 107 Å². The topological polar surface area (TPSA) is 221 Å². The Hall–Kier alpha value is -4.56. The number of nitro benzene ring substituents is 1. The van der Waals surface area contributed by atoms with Crippen molar-refractivity contribution in [3.8, 4) is 23.7 Å². The molecular formula is C46H60N6O10S2. The number of hydrogen-bond donors (Lipinski definition) is 3. The lowest BCUT2D eigenvalue weighted by Gasteiger charge is -2.40. The number of carbonyl (C=O) groups excluding carboxylic acids is 2. The van der Waals surface area contributed by atoms with E-state index in [1.165, 1.54) is 18.2 Å². The minimum Gasteiger partial charge on any atom is -0.398 e. The number of nitrogens with one attached hydrogen (secondary N) is 2. The molecule has 0 spiro atoms. The summed E-state index contributed by atoms with van der Waals surface area (Å²) in [4.78, 5) is 40.6. The van der Waals surface area contributed by atoms with Gasteiger partial charge in [0.05, 0.1) is 41.1 Å². The molecule has 2 amide bonds. The number of morpholine rings is 2. The first kappa shape index (κ1) is 47.4. The number of nitrogens with zero attached hydrogens (tertiary/aromatic N) is 3. The first-order chi connectivity index (χ1) is 30.4. The van der Waals surface area contributed by atoms with Gasteiger partial charge in [-0.2, -0.15) is 0 Å². The van der Waals surface area contributed by atoms with Crippen LogP contribution in [0.15, 0.2) is 46.2 Å². The van der Waals surface area contributed by atoms with Crippen LogP contribution in [0.1, 0.15) is 102 Å². The molecule has 2 aromatic rings. The molecule has 0 atom stereocenters. The molecule has 0 radical (unpaired) electrons. The van der Waals surface area contributed by atoms with Gasteiger partial charge in [0.2, 0.25) is 31.9 Å².